The molecule has 0 heterocycles. The van der Waals surface area contributed by atoms with Gasteiger partial charge in [-0.05, 0) is 31.4 Å². The van der Waals surface area contributed by atoms with Gasteiger partial charge in [0.15, 0.2) is 11.5 Å². The maximum atomic E-state index is 5.19. The highest BCUT2D eigenvalue weighted by atomic mass is 128. The van der Waals surface area contributed by atoms with Crippen LogP contribution in [0.3, 0.4) is 0 Å². The summed E-state index contributed by atoms with van der Waals surface area (Å²) in [6, 6.07) is 0. The van der Waals surface area contributed by atoms with Gasteiger partial charge in [-0.15, -0.1) is 0 Å². The van der Waals surface area contributed by atoms with E-state index in [0.717, 1.165) is 17.9 Å². The SMILES string of the molecule is COC1=C(C)CC(C)=C1OC.II. The lowest BCUT2D eigenvalue weighted by Gasteiger charge is -2.07. The van der Waals surface area contributed by atoms with Crippen LogP contribution in [0.5, 0.6) is 0 Å². The predicted molar refractivity (Wildman–Crippen MR) is 72.1 cm³/mol. The van der Waals surface area contributed by atoms with E-state index in [2.05, 4.69) is 51.1 Å². The lowest BCUT2D eigenvalue weighted by molar-refractivity contribution is 0.219. The summed E-state index contributed by atoms with van der Waals surface area (Å²) in [5, 5.41) is 0. The van der Waals surface area contributed by atoms with Crippen molar-refractivity contribution in [1.29, 1.82) is 0 Å². The zero-order valence-corrected chi connectivity index (χ0v) is 12.6. The minimum atomic E-state index is 0.907. The summed E-state index contributed by atoms with van der Waals surface area (Å²) in [4.78, 5) is 0. The minimum Gasteiger partial charge on any atom is -0.493 e. The first kappa shape index (κ1) is 13.5. The van der Waals surface area contributed by atoms with Crippen molar-refractivity contribution in [2.75, 3.05) is 14.2 Å². The number of ether oxygens (including phenoxy) is 2. The molecule has 0 spiro atoms. The van der Waals surface area contributed by atoms with Crippen LogP contribution in [0.25, 0.3) is 0 Å². The van der Waals surface area contributed by atoms with Gasteiger partial charge in [0, 0.05) is 37.2 Å². The van der Waals surface area contributed by atoms with Crippen LogP contribution in [0.4, 0.5) is 0 Å². The molecule has 0 fully saturated rings. The molecule has 0 aromatic carbocycles. The van der Waals surface area contributed by atoms with E-state index in [0.29, 0.717) is 0 Å². The Morgan fingerprint density at radius 3 is 1.46 bits per heavy atom. The number of halogens is 2. The lowest BCUT2D eigenvalue weighted by Crippen LogP contribution is -1.93. The van der Waals surface area contributed by atoms with Crippen LogP contribution in [0, 0.1) is 0 Å². The van der Waals surface area contributed by atoms with Gasteiger partial charge >= 0.3 is 0 Å². The molecule has 1 aliphatic carbocycles. The largest absolute Gasteiger partial charge is 0.493 e. The van der Waals surface area contributed by atoms with Crippen molar-refractivity contribution in [1.82, 2.24) is 0 Å². The molecular weight excluding hydrogens is 394 g/mol. The molecule has 13 heavy (non-hydrogen) atoms. The van der Waals surface area contributed by atoms with Crippen LogP contribution >= 0.6 is 37.2 Å². The monoisotopic (exact) mass is 408 g/mol. The normalized spacial score (nSPS) is 15.5. The van der Waals surface area contributed by atoms with E-state index in [1.54, 1.807) is 14.2 Å². The Balaban J connectivity index is 0.000000671. The van der Waals surface area contributed by atoms with E-state index in [4.69, 9.17) is 9.47 Å². The first-order valence-electron chi connectivity index (χ1n) is 3.82. The molecule has 0 aromatic rings. The summed E-state index contributed by atoms with van der Waals surface area (Å²) in [7, 11) is 3.35. The molecule has 2 nitrogen and oxygen atoms in total. The maximum absolute atomic E-state index is 5.19. The van der Waals surface area contributed by atoms with E-state index in [-0.39, 0.29) is 0 Å². The minimum absolute atomic E-state index is 0.907. The van der Waals surface area contributed by atoms with Crippen molar-refractivity contribution in [2.45, 2.75) is 20.3 Å². The molecular formula is C9H14I2O2. The van der Waals surface area contributed by atoms with Gasteiger partial charge in [0.25, 0.3) is 0 Å². The Bertz CT molecular complexity index is 208. The van der Waals surface area contributed by atoms with Gasteiger partial charge in [-0.3, -0.25) is 0 Å². The third-order valence-electron chi connectivity index (χ3n) is 1.92. The third-order valence-corrected chi connectivity index (χ3v) is 1.92. The molecule has 0 saturated carbocycles. The van der Waals surface area contributed by atoms with Crippen molar-refractivity contribution >= 4 is 37.2 Å². The Hall–Kier alpha value is 0.540. The topological polar surface area (TPSA) is 18.5 Å². The molecule has 0 bridgehead atoms. The van der Waals surface area contributed by atoms with Crippen molar-refractivity contribution in [3.05, 3.63) is 22.7 Å². The summed E-state index contributed by atoms with van der Waals surface area (Å²) < 4.78 is 10.4. The fraction of sp³-hybridized carbons (Fsp3) is 0.556. The second kappa shape index (κ2) is 6.92. The van der Waals surface area contributed by atoms with Crippen molar-refractivity contribution in [3.63, 3.8) is 0 Å². The molecule has 0 amide bonds. The molecule has 1 rings (SSSR count). The zero-order valence-electron chi connectivity index (χ0n) is 8.28. The van der Waals surface area contributed by atoms with Gasteiger partial charge in [-0.25, -0.2) is 0 Å². The number of hydrogen-bond acceptors (Lipinski definition) is 2. The van der Waals surface area contributed by atoms with Gasteiger partial charge in [0.1, 0.15) is 0 Å². The molecule has 0 aromatic heterocycles. The Morgan fingerprint density at radius 2 is 1.23 bits per heavy atom. The van der Waals surface area contributed by atoms with Crippen LogP contribution in [-0.4, -0.2) is 14.2 Å². The van der Waals surface area contributed by atoms with Crippen molar-refractivity contribution in [2.24, 2.45) is 0 Å². The zero-order chi connectivity index (χ0) is 10.4. The molecule has 0 radical (unpaired) electrons. The summed E-state index contributed by atoms with van der Waals surface area (Å²) >= 11 is 4.24. The fourth-order valence-corrected chi connectivity index (χ4v) is 1.48. The number of methoxy groups -OCH3 is 2. The smallest absolute Gasteiger partial charge is 0.159 e. The van der Waals surface area contributed by atoms with Crippen LogP contribution in [-0.2, 0) is 9.47 Å². The average Bonchev–Trinajstić information content (AvgIpc) is 2.43. The fourth-order valence-electron chi connectivity index (χ4n) is 1.48. The summed E-state index contributed by atoms with van der Waals surface area (Å²) in [5.74, 6) is 1.81. The van der Waals surface area contributed by atoms with E-state index in [9.17, 15) is 0 Å². The van der Waals surface area contributed by atoms with Gasteiger partial charge in [0.05, 0.1) is 14.2 Å². The molecule has 0 N–H and O–H groups in total. The Kier molecular flexibility index (Phi) is 7.20. The molecule has 0 aliphatic heterocycles. The first-order chi connectivity index (χ1) is 6.20. The lowest BCUT2D eigenvalue weighted by atomic mass is 10.2. The van der Waals surface area contributed by atoms with Crippen molar-refractivity contribution in [3.8, 4) is 0 Å². The second-order valence-corrected chi connectivity index (χ2v) is 2.80. The highest BCUT2D eigenvalue weighted by Crippen LogP contribution is 2.32. The summed E-state index contributed by atoms with van der Waals surface area (Å²) in [6.45, 7) is 4.13. The van der Waals surface area contributed by atoms with E-state index in [1.807, 2.05) is 0 Å². The van der Waals surface area contributed by atoms with Gasteiger partial charge in [0.2, 0.25) is 0 Å². The van der Waals surface area contributed by atoms with Gasteiger partial charge in [-0.2, -0.15) is 0 Å². The third kappa shape index (κ3) is 3.30. The van der Waals surface area contributed by atoms with Crippen molar-refractivity contribution < 1.29 is 9.47 Å². The number of rotatable bonds is 2. The molecule has 1 aliphatic rings. The molecule has 76 valence electrons. The van der Waals surface area contributed by atoms with Gasteiger partial charge < -0.3 is 9.47 Å². The molecule has 0 saturated heterocycles. The summed E-state index contributed by atoms with van der Waals surface area (Å²) in [6.07, 6.45) is 0.979. The van der Waals surface area contributed by atoms with E-state index in [1.165, 1.54) is 11.1 Å². The van der Waals surface area contributed by atoms with Crippen LogP contribution in [0.1, 0.15) is 20.3 Å². The maximum Gasteiger partial charge on any atom is 0.159 e. The highest BCUT2D eigenvalue weighted by molar-refractivity contribution is 15.0. The first-order valence-corrected chi connectivity index (χ1v) is 10.1. The highest BCUT2D eigenvalue weighted by Gasteiger charge is 2.20. The molecule has 4 heteroatoms. The average molecular weight is 408 g/mol. The van der Waals surface area contributed by atoms with Crippen LogP contribution in [0.15, 0.2) is 22.7 Å². The number of allylic oxidation sites excluding steroid dienone is 2. The van der Waals surface area contributed by atoms with Crippen LogP contribution < -0.4 is 0 Å². The molecule has 0 atom stereocenters. The Morgan fingerprint density at radius 1 is 0.923 bits per heavy atom. The quantitative estimate of drug-likeness (QED) is 0.644. The second-order valence-electron chi connectivity index (χ2n) is 2.80. The van der Waals surface area contributed by atoms with Crippen LogP contribution in [0.2, 0.25) is 0 Å². The standard InChI is InChI=1S/C9H14O2.I2/c1-6-5-7(2)9(11-4)8(6)10-3;1-2/h5H2,1-4H3;. The number of hydrogen-bond donors (Lipinski definition) is 0. The van der Waals surface area contributed by atoms with Gasteiger partial charge in [-0.1, -0.05) is 0 Å². The summed E-state index contributed by atoms with van der Waals surface area (Å²) in [5.41, 5.74) is 2.50. The predicted octanol–water partition coefficient (Wildman–Crippen LogP) is 4.00. The van der Waals surface area contributed by atoms with E-state index < -0.39 is 0 Å². The molecule has 0 unspecified atom stereocenters. The van der Waals surface area contributed by atoms with E-state index >= 15 is 0 Å². The Labute approximate surface area is 103 Å².